The van der Waals surface area contributed by atoms with Crippen LogP contribution in [-0.4, -0.2) is 40.9 Å². The molecule has 2 aromatic rings. The maximum Gasteiger partial charge on any atom is 0.341 e. The van der Waals surface area contributed by atoms with Gasteiger partial charge in [-0.25, -0.2) is 9.18 Å². The quantitative estimate of drug-likeness (QED) is 0.837. The number of carboxylic acids is 1. The Morgan fingerprint density at radius 3 is 2.82 bits per heavy atom. The van der Waals surface area contributed by atoms with Crippen molar-refractivity contribution in [2.75, 3.05) is 24.6 Å². The predicted molar refractivity (Wildman–Crippen MR) is 102 cm³/mol. The lowest BCUT2D eigenvalue weighted by atomic mass is 9.97. The average molecular weight is 387 g/mol. The number of benzene rings is 1. The van der Waals surface area contributed by atoms with Crippen LogP contribution >= 0.6 is 0 Å². The van der Waals surface area contributed by atoms with E-state index in [1.807, 2.05) is 4.90 Å². The molecule has 0 unspecified atom stereocenters. The highest BCUT2D eigenvalue weighted by molar-refractivity contribution is 5.97. The van der Waals surface area contributed by atoms with Gasteiger partial charge in [0.2, 0.25) is 0 Å². The Morgan fingerprint density at radius 2 is 2.14 bits per heavy atom. The van der Waals surface area contributed by atoms with Crippen LogP contribution in [0.3, 0.4) is 0 Å². The summed E-state index contributed by atoms with van der Waals surface area (Å²) in [4.78, 5) is 26.2. The third kappa shape index (κ3) is 2.37. The van der Waals surface area contributed by atoms with Crippen LogP contribution in [0.5, 0.6) is 5.75 Å². The number of carbonyl (C=O) groups is 1. The van der Waals surface area contributed by atoms with Gasteiger partial charge < -0.3 is 20.5 Å². The Labute approximate surface area is 160 Å². The molecule has 0 amide bonds. The fraction of sp³-hybridized carbons (Fsp3) is 0.500. The maximum atomic E-state index is 15.2. The van der Waals surface area contributed by atoms with E-state index in [0.29, 0.717) is 41.3 Å². The molecule has 1 saturated carbocycles. The molecule has 5 rings (SSSR count). The number of halogens is 1. The largest absolute Gasteiger partial charge is 0.487 e. The van der Waals surface area contributed by atoms with E-state index in [2.05, 4.69) is 0 Å². The number of hydrogen-bond donors (Lipinski definition) is 2. The molecular weight excluding hydrogens is 365 g/mol. The number of aromatic carboxylic acids is 1. The molecular formula is C20H22FN3O4. The second-order valence-corrected chi connectivity index (χ2v) is 8.34. The number of hydrogen-bond acceptors (Lipinski definition) is 5. The molecule has 3 aliphatic rings. The van der Waals surface area contributed by atoms with Crippen LogP contribution in [0.1, 0.15) is 42.6 Å². The molecule has 1 saturated heterocycles. The van der Waals surface area contributed by atoms with Gasteiger partial charge in [-0.15, -0.1) is 0 Å². The minimum absolute atomic E-state index is 0.132. The first-order chi connectivity index (χ1) is 13.3. The van der Waals surface area contributed by atoms with Crippen molar-refractivity contribution in [3.05, 3.63) is 33.9 Å². The topological polar surface area (TPSA) is 97.8 Å². The highest BCUT2D eigenvalue weighted by atomic mass is 19.1. The van der Waals surface area contributed by atoms with Crippen LogP contribution < -0.4 is 20.9 Å². The first kappa shape index (κ1) is 17.5. The number of ether oxygens (including phenoxy) is 1. The number of carboxylic acid groups (broad SMARTS) is 1. The van der Waals surface area contributed by atoms with Gasteiger partial charge in [-0.1, -0.05) is 0 Å². The summed E-state index contributed by atoms with van der Waals surface area (Å²) in [6.45, 7) is 3.30. The monoisotopic (exact) mass is 387 g/mol. The molecule has 28 heavy (non-hydrogen) atoms. The van der Waals surface area contributed by atoms with Crippen molar-refractivity contribution in [2.24, 2.45) is 11.7 Å². The number of rotatable bonds is 3. The second kappa shape index (κ2) is 5.70. The Bertz CT molecular complexity index is 1080. The number of nitrogens with two attached hydrogens (primary N) is 1. The Hall–Kier alpha value is -2.61. The van der Waals surface area contributed by atoms with Crippen molar-refractivity contribution >= 4 is 22.6 Å². The summed E-state index contributed by atoms with van der Waals surface area (Å²) in [5.41, 5.74) is 6.08. The summed E-state index contributed by atoms with van der Waals surface area (Å²) in [5, 5.41) is 9.72. The molecule has 0 radical (unpaired) electrons. The van der Waals surface area contributed by atoms with Gasteiger partial charge in [0, 0.05) is 24.0 Å². The van der Waals surface area contributed by atoms with Crippen LogP contribution in [0, 0.1) is 11.7 Å². The maximum absolute atomic E-state index is 15.2. The van der Waals surface area contributed by atoms with Crippen molar-refractivity contribution < 1.29 is 19.0 Å². The number of pyridine rings is 1. The minimum Gasteiger partial charge on any atom is -0.487 e. The number of aromatic nitrogens is 1. The Balaban J connectivity index is 1.70. The lowest BCUT2D eigenvalue weighted by Crippen LogP contribution is -2.36. The zero-order valence-electron chi connectivity index (χ0n) is 15.6. The van der Waals surface area contributed by atoms with Crippen molar-refractivity contribution in [2.45, 2.75) is 37.8 Å². The smallest absolute Gasteiger partial charge is 0.341 e. The van der Waals surface area contributed by atoms with Crippen LogP contribution in [0.15, 0.2) is 16.9 Å². The molecule has 3 N–H and O–H groups in total. The van der Waals surface area contributed by atoms with Crippen LogP contribution in [-0.2, 0) is 0 Å². The highest BCUT2D eigenvalue weighted by Gasteiger charge is 2.48. The van der Waals surface area contributed by atoms with E-state index >= 15 is 4.39 Å². The fourth-order valence-electron chi connectivity index (χ4n) is 4.70. The van der Waals surface area contributed by atoms with E-state index in [4.69, 9.17) is 10.5 Å². The van der Waals surface area contributed by atoms with E-state index in [9.17, 15) is 14.7 Å². The van der Waals surface area contributed by atoms with Gasteiger partial charge in [-0.05, 0) is 44.2 Å². The van der Waals surface area contributed by atoms with Gasteiger partial charge in [0.15, 0.2) is 11.6 Å². The molecule has 0 spiro atoms. The molecule has 0 bridgehead atoms. The Morgan fingerprint density at radius 1 is 1.39 bits per heavy atom. The zero-order chi connectivity index (χ0) is 19.8. The molecule has 148 valence electrons. The minimum atomic E-state index is -1.32. The van der Waals surface area contributed by atoms with E-state index in [0.717, 1.165) is 19.3 Å². The molecule has 1 aromatic carbocycles. The molecule has 1 aliphatic carbocycles. The molecule has 7 nitrogen and oxygen atoms in total. The standard InChI is InChI=1S/C20H22FN3O4/c1-10-9-28-17-15-11(6-13(19(26)27)18(25)24(10)15)7-14(21)16(17)23-5-2-12(8-23)20(22)3-4-20/h6-7,10,12H,2-5,8-9,22H2,1H3,(H,26,27)/t10-,12+/m0/s1. The fourth-order valence-corrected chi connectivity index (χ4v) is 4.70. The van der Waals surface area contributed by atoms with Crippen LogP contribution in [0.25, 0.3) is 10.9 Å². The molecule has 2 atom stereocenters. The molecule has 3 heterocycles. The highest BCUT2D eigenvalue weighted by Crippen LogP contribution is 2.48. The summed E-state index contributed by atoms with van der Waals surface area (Å²) >= 11 is 0. The number of anilines is 1. The third-order valence-electron chi connectivity index (χ3n) is 6.49. The van der Waals surface area contributed by atoms with Crippen LogP contribution in [0.4, 0.5) is 10.1 Å². The van der Waals surface area contributed by atoms with E-state index in [1.54, 1.807) is 6.92 Å². The first-order valence-corrected chi connectivity index (χ1v) is 9.62. The van der Waals surface area contributed by atoms with Crippen molar-refractivity contribution in [3.8, 4) is 5.75 Å². The SMILES string of the molecule is C[C@H]1COc2c(N3CC[C@@H](C4(N)CC4)C3)c(F)cc3cc(C(=O)O)c(=O)n1c23. The van der Waals surface area contributed by atoms with Gasteiger partial charge in [0.25, 0.3) is 5.56 Å². The third-order valence-corrected chi connectivity index (χ3v) is 6.49. The van der Waals surface area contributed by atoms with E-state index < -0.39 is 17.3 Å². The van der Waals surface area contributed by atoms with Gasteiger partial charge >= 0.3 is 5.97 Å². The summed E-state index contributed by atoms with van der Waals surface area (Å²) in [7, 11) is 0. The predicted octanol–water partition coefficient (Wildman–Crippen LogP) is 2.11. The lowest BCUT2D eigenvalue weighted by Gasteiger charge is -2.31. The first-order valence-electron chi connectivity index (χ1n) is 9.62. The number of nitrogens with zero attached hydrogens (tertiary/aromatic N) is 2. The lowest BCUT2D eigenvalue weighted by molar-refractivity contribution is 0.0694. The van der Waals surface area contributed by atoms with Gasteiger partial charge in [0.1, 0.15) is 17.9 Å². The summed E-state index contributed by atoms with van der Waals surface area (Å²) in [6, 6.07) is 2.20. The van der Waals surface area contributed by atoms with Gasteiger partial charge in [-0.2, -0.15) is 0 Å². The summed E-state index contributed by atoms with van der Waals surface area (Å²) in [6.07, 6.45) is 2.91. The normalized spacial score (nSPS) is 25.0. The van der Waals surface area contributed by atoms with Crippen molar-refractivity contribution in [1.82, 2.24) is 4.57 Å². The summed E-state index contributed by atoms with van der Waals surface area (Å²) in [5.74, 6) is -1.15. The van der Waals surface area contributed by atoms with E-state index in [1.165, 1.54) is 16.7 Å². The zero-order valence-corrected chi connectivity index (χ0v) is 15.6. The van der Waals surface area contributed by atoms with Crippen molar-refractivity contribution in [3.63, 3.8) is 0 Å². The Kier molecular flexibility index (Phi) is 3.56. The van der Waals surface area contributed by atoms with Gasteiger partial charge in [0.05, 0.1) is 11.6 Å². The van der Waals surface area contributed by atoms with Crippen LogP contribution in [0.2, 0.25) is 0 Å². The molecule has 1 aromatic heterocycles. The molecule has 8 heteroatoms. The average Bonchev–Trinajstić information content (AvgIpc) is 3.20. The van der Waals surface area contributed by atoms with E-state index in [-0.39, 0.29) is 23.8 Å². The second-order valence-electron chi connectivity index (χ2n) is 8.34. The van der Waals surface area contributed by atoms with Crippen molar-refractivity contribution in [1.29, 1.82) is 0 Å². The summed E-state index contributed by atoms with van der Waals surface area (Å²) < 4.78 is 22.5. The van der Waals surface area contributed by atoms with Gasteiger partial charge in [-0.3, -0.25) is 9.36 Å². The molecule has 2 fully saturated rings. The molecule has 2 aliphatic heterocycles.